The van der Waals surface area contributed by atoms with Gasteiger partial charge in [0, 0.05) is 24.3 Å². The third-order valence-electron chi connectivity index (χ3n) is 3.72. The molecule has 0 aliphatic carbocycles. The van der Waals surface area contributed by atoms with E-state index in [9.17, 15) is 9.90 Å². The van der Waals surface area contributed by atoms with Gasteiger partial charge < -0.3 is 24.8 Å². The molecule has 1 aliphatic heterocycles. The number of aliphatic hydroxyl groups excluding tert-OH is 1. The number of nitrogens with zero attached hydrogens (tertiary/aromatic N) is 1. The summed E-state index contributed by atoms with van der Waals surface area (Å²) in [6.07, 6.45) is -0.196. The van der Waals surface area contributed by atoms with Crippen LogP contribution in [0.3, 0.4) is 0 Å². The summed E-state index contributed by atoms with van der Waals surface area (Å²) in [6, 6.07) is 5.75. The Morgan fingerprint density at radius 2 is 2.24 bits per heavy atom. The molecule has 0 spiro atoms. The van der Waals surface area contributed by atoms with Gasteiger partial charge in [-0.2, -0.15) is 0 Å². The predicted molar refractivity (Wildman–Crippen MR) is 79.8 cm³/mol. The first kappa shape index (κ1) is 15.4. The van der Waals surface area contributed by atoms with Crippen LogP contribution < -0.4 is 15.0 Å². The highest BCUT2D eigenvalue weighted by Crippen LogP contribution is 2.35. The summed E-state index contributed by atoms with van der Waals surface area (Å²) in [6.45, 7) is 3.21. The first-order valence-corrected chi connectivity index (χ1v) is 7.01. The van der Waals surface area contributed by atoms with E-state index >= 15 is 0 Å². The summed E-state index contributed by atoms with van der Waals surface area (Å²) >= 11 is 0. The highest BCUT2D eigenvalue weighted by molar-refractivity contribution is 5.68. The molecule has 1 heterocycles. The number of methoxy groups -OCH3 is 2. The Bertz CT molecular complexity index is 504. The zero-order valence-electron chi connectivity index (χ0n) is 12.6. The van der Waals surface area contributed by atoms with Gasteiger partial charge in [0.1, 0.15) is 5.75 Å². The van der Waals surface area contributed by atoms with Crippen LogP contribution in [-0.4, -0.2) is 44.6 Å². The number of carbonyl (C=O) groups is 1. The van der Waals surface area contributed by atoms with Gasteiger partial charge in [0.25, 0.3) is 0 Å². The van der Waals surface area contributed by atoms with Crippen molar-refractivity contribution < 1.29 is 19.4 Å². The normalized spacial score (nSPS) is 19.2. The second-order valence-electron chi connectivity index (χ2n) is 5.14. The number of hydrogen-bond acceptors (Lipinski definition) is 5. The lowest BCUT2D eigenvalue weighted by atomic mass is 10.1. The molecule has 1 aromatic rings. The molecule has 1 aromatic carbocycles. The minimum Gasteiger partial charge on any atom is -0.496 e. The molecule has 1 fully saturated rings. The molecular weight excluding hydrogens is 272 g/mol. The monoisotopic (exact) mass is 294 g/mol. The van der Waals surface area contributed by atoms with Crippen molar-refractivity contribution in [2.24, 2.45) is 0 Å². The summed E-state index contributed by atoms with van der Waals surface area (Å²) in [5.74, 6) is 0.673. The van der Waals surface area contributed by atoms with Crippen LogP contribution in [0.1, 0.15) is 25.0 Å². The van der Waals surface area contributed by atoms with Gasteiger partial charge in [-0.3, -0.25) is 0 Å². The number of carbonyl (C=O) groups excluding carboxylic acids is 1. The molecule has 2 N–H and O–H groups in total. The van der Waals surface area contributed by atoms with Gasteiger partial charge in [-0.15, -0.1) is 0 Å². The lowest BCUT2D eigenvalue weighted by Gasteiger charge is -2.25. The van der Waals surface area contributed by atoms with Crippen molar-refractivity contribution in [1.82, 2.24) is 5.32 Å². The van der Waals surface area contributed by atoms with E-state index in [2.05, 4.69) is 15.0 Å². The first-order valence-electron chi connectivity index (χ1n) is 7.01. The quantitative estimate of drug-likeness (QED) is 0.884. The average Bonchev–Trinajstić information content (AvgIpc) is 2.94. The maximum atomic E-state index is 11.3. The standard InChI is InChI=1S/C15H22N2O4/c1-10(18)14-12(5-4-6-13(14)20-2)17-8-7-11(9-17)16-15(19)21-3/h4-6,10-11,18H,7-9H2,1-3H3,(H,16,19)/t10-,11?/m1/s1. The molecular formula is C15H22N2O4. The second-order valence-corrected chi connectivity index (χ2v) is 5.14. The van der Waals surface area contributed by atoms with Gasteiger partial charge in [-0.25, -0.2) is 4.79 Å². The van der Waals surface area contributed by atoms with E-state index in [4.69, 9.17) is 4.74 Å². The smallest absolute Gasteiger partial charge is 0.407 e. The Morgan fingerprint density at radius 3 is 2.86 bits per heavy atom. The summed E-state index contributed by atoms with van der Waals surface area (Å²) in [7, 11) is 2.95. The minimum absolute atomic E-state index is 0.0468. The van der Waals surface area contributed by atoms with E-state index in [1.54, 1.807) is 14.0 Å². The van der Waals surface area contributed by atoms with E-state index in [0.717, 1.165) is 24.2 Å². The van der Waals surface area contributed by atoms with Crippen LogP contribution in [0.2, 0.25) is 0 Å². The number of rotatable bonds is 4. The van der Waals surface area contributed by atoms with Gasteiger partial charge in [0.05, 0.1) is 26.4 Å². The molecule has 6 nitrogen and oxygen atoms in total. The summed E-state index contributed by atoms with van der Waals surface area (Å²) in [5.41, 5.74) is 1.72. The zero-order valence-corrected chi connectivity index (χ0v) is 12.6. The fourth-order valence-electron chi connectivity index (χ4n) is 2.73. The lowest BCUT2D eigenvalue weighted by Crippen LogP contribution is -2.37. The van der Waals surface area contributed by atoms with Crippen molar-refractivity contribution in [2.45, 2.75) is 25.5 Å². The number of hydrogen-bond donors (Lipinski definition) is 2. The van der Waals surface area contributed by atoms with Crippen LogP contribution in [0.5, 0.6) is 5.75 Å². The molecule has 1 saturated heterocycles. The van der Waals surface area contributed by atoms with Crippen molar-refractivity contribution in [3.05, 3.63) is 23.8 Å². The topological polar surface area (TPSA) is 71.0 Å². The molecule has 2 rings (SSSR count). The molecule has 1 unspecified atom stereocenters. The summed E-state index contributed by atoms with van der Waals surface area (Å²) in [5, 5.41) is 12.8. The Morgan fingerprint density at radius 1 is 1.48 bits per heavy atom. The van der Waals surface area contributed by atoms with Gasteiger partial charge in [0.15, 0.2) is 0 Å². The van der Waals surface area contributed by atoms with Crippen molar-refractivity contribution >= 4 is 11.8 Å². The van der Waals surface area contributed by atoms with Gasteiger partial charge in [-0.1, -0.05) is 6.07 Å². The molecule has 0 bridgehead atoms. The fourth-order valence-corrected chi connectivity index (χ4v) is 2.73. The van der Waals surface area contributed by atoms with Crippen molar-refractivity contribution in [2.75, 3.05) is 32.2 Å². The van der Waals surface area contributed by atoms with Crippen molar-refractivity contribution in [3.8, 4) is 5.75 Å². The molecule has 21 heavy (non-hydrogen) atoms. The van der Waals surface area contributed by atoms with E-state index in [-0.39, 0.29) is 6.04 Å². The van der Waals surface area contributed by atoms with E-state index in [1.165, 1.54) is 7.11 Å². The largest absolute Gasteiger partial charge is 0.496 e. The number of anilines is 1. The highest BCUT2D eigenvalue weighted by Gasteiger charge is 2.27. The van der Waals surface area contributed by atoms with Crippen LogP contribution in [0.4, 0.5) is 10.5 Å². The number of ether oxygens (including phenoxy) is 2. The second kappa shape index (κ2) is 6.67. The average molecular weight is 294 g/mol. The molecule has 1 amide bonds. The number of nitrogens with one attached hydrogen (secondary N) is 1. The fraction of sp³-hybridized carbons (Fsp3) is 0.533. The molecule has 2 atom stereocenters. The Hall–Kier alpha value is -1.95. The van der Waals surface area contributed by atoms with Gasteiger partial charge in [-0.05, 0) is 25.5 Å². The number of alkyl carbamates (subject to hydrolysis) is 1. The van der Waals surface area contributed by atoms with E-state index in [0.29, 0.717) is 12.3 Å². The molecule has 116 valence electrons. The maximum Gasteiger partial charge on any atom is 0.407 e. The van der Waals surface area contributed by atoms with Crippen LogP contribution in [0, 0.1) is 0 Å². The number of benzene rings is 1. The van der Waals surface area contributed by atoms with E-state index in [1.807, 2.05) is 18.2 Å². The van der Waals surface area contributed by atoms with Crippen LogP contribution in [0.15, 0.2) is 18.2 Å². The minimum atomic E-state index is -0.622. The SMILES string of the molecule is COC(=O)NC1CCN(c2cccc(OC)c2[C@@H](C)O)C1. The molecule has 1 aliphatic rings. The third kappa shape index (κ3) is 3.39. The van der Waals surface area contributed by atoms with Crippen molar-refractivity contribution in [1.29, 1.82) is 0 Å². The molecule has 6 heteroatoms. The molecule has 0 radical (unpaired) electrons. The van der Waals surface area contributed by atoms with E-state index < -0.39 is 12.2 Å². The predicted octanol–water partition coefficient (Wildman–Crippen LogP) is 1.68. The van der Waals surface area contributed by atoms with Crippen molar-refractivity contribution in [3.63, 3.8) is 0 Å². The molecule has 0 aromatic heterocycles. The van der Waals surface area contributed by atoms with Crippen LogP contribution >= 0.6 is 0 Å². The summed E-state index contributed by atoms with van der Waals surface area (Å²) in [4.78, 5) is 13.4. The lowest BCUT2D eigenvalue weighted by molar-refractivity contribution is 0.167. The molecule has 0 saturated carbocycles. The Balaban J connectivity index is 2.18. The number of amides is 1. The first-order chi connectivity index (χ1) is 10.1. The Labute approximate surface area is 124 Å². The maximum absolute atomic E-state index is 11.3. The Kier molecular flexibility index (Phi) is 4.90. The zero-order chi connectivity index (χ0) is 15.4. The number of aliphatic hydroxyl groups is 1. The third-order valence-corrected chi connectivity index (χ3v) is 3.72. The van der Waals surface area contributed by atoms with Crippen LogP contribution in [-0.2, 0) is 4.74 Å². The van der Waals surface area contributed by atoms with Gasteiger partial charge >= 0.3 is 6.09 Å². The highest BCUT2D eigenvalue weighted by atomic mass is 16.5. The van der Waals surface area contributed by atoms with Crippen LogP contribution in [0.25, 0.3) is 0 Å². The van der Waals surface area contributed by atoms with Gasteiger partial charge in [0.2, 0.25) is 0 Å². The summed E-state index contributed by atoms with van der Waals surface area (Å²) < 4.78 is 9.96.